The Hall–Kier alpha value is -6.70. The van der Waals surface area contributed by atoms with Crippen LogP contribution in [0.1, 0.15) is 20.6 Å². The first kappa shape index (κ1) is 17.3. The number of hydrogen-bond acceptors (Lipinski definition) is 1. The van der Waals surface area contributed by atoms with Crippen molar-refractivity contribution < 1.29 is 25.0 Å². The number of fused-ring (bicyclic) bond motifs is 8. The van der Waals surface area contributed by atoms with Crippen LogP contribution in [0.2, 0.25) is 0 Å². The van der Waals surface area contributed by atoms with Gasteiger partial charge in [-0.15, -0.1) is 0 Å². The lowest BCUT2D eigenvalue weighted by Gasteiger charge is -2.20. The van der Waals surface area contributed by atoms with E-state index >= 15 is 0 Å². The van der Waals surface area contributed by atoms with Crippen molar-refractivity contribution in [3.05, 3.63) is 182 Å². The molecule has 0 saturated heterocycles. The summed E-state index contributed by atoms with van der Waals surface area (Å²) in [6.07, 6.45) is 0. The largest absolute Gasteiger partial charge is 0.456 e. The van der Waals surface area contributed by atoms with Gasteiger partial charge in [0.1, 0.15) is 11.2 Å². The van der Waals surface area contributed by atoms with E-state index in [0.29, 0.717) is 27.5 Å². The molecular weight excluding hydrogens is 617 g/mol. The van der Waals surface area contributed by atoms with E-state index in [1.165, 1.54) is 0 Å². The van der Waals surface area contributed by atoms with Crippen molar-refractivity contribution in [2.75, 3.05) is 0 Å². The van der Waals surface area contributed by atoms with E-state index in [2.05, 4.69) is 6.07 Å². The molecule has 0 aliphatic heterocycles. The quantitative estimate of drug-likeness (QED) is 0.172. The van der Waals surface area contributed by atoms with E-state index < -0.39 is 107 Å². The Morgan fingerprint density at radius 2 is 0.882 bits per heavy atom. The van der Waals surface area contributed by atoms with Crippen LogP contribution in [-0.4, -0.2) is 0 Å². The van der Waals surface area contributed by atoms with Gasteiger partial charge in [-0.2, -0.15) is 0 Å². The minimum atomic E-state index is -0.759. The molecule has 0 atom stereocenters. The highest BCUT2D eigenvalue weighted by atomic mass is 16.3. The van der Waals surface area contributed by atoms with Crippen LogP contribution in [0.15, 0.2) is 186 Å². The third-order valence-corrected chi connectivity index (χ3v) is 9.78. The number of rotatable bonds is 3. The second-order valence-electron chi connectivity index (χ2n) is 12.4. The highest BCUT2D eigenvalue weighted by Crippen LogP contribution is 2.48. The molecule has 0 bridgehead atoms. The van der Waals surface area contributed by atoms with Crippen LogP contribution in [0.4, 0.5) is 0 Å². The highest BCUT2D eigenvalue weighted by molar-refractivity contribution is 6.26. The molecule has 11 aromatic rings. The maximum Gasteiger partial charge on any atom is 0.136 e. The van der Waals surface area contributed by atoms with Gasteiger partial charge in [0.25, 0.3) is 0 Å². The molecular formula is C50H30O. The summed E-state index contributed by atoms with van der Waals surface area (Å²) in [4.78, 5) is 0. The second-order valence-corrected chi connectivity index (χ2v) is 12.4. The molecule has 0 fully saturated rings. The van der Waals surface area contributed by atoms with Crippen molar-refractivity contribution in [2.24, 2.45) is 0 Å². The van der Waals surface area contributed by atoms with Gasteiger partial charge >= 0.3 is 0 Å². The maximum absolute atomic E-state index is 9.56. The van der Waals surface area contributed by atoms with Gasteiger partial charge in [-0.3, -0.25) is 0 Å². The Labute approximate surface area is 315 Å². The molecule has 0 saturated carbocycles. The summed E-state index contributed by atoms with van der Waals surface area (Å²) < 4.78 is 142. The molecule has 0 spiro atoms. The molecule has 0 amide bonds. The zero-order valence-corrected chi connectivity index (χ0v) is 26.6. The molecule has 10 aromatic carbocycles. The Bertz CT molecular complexity index is 3970. The second kappa shape index (κ2) is 10.9. The van der Waals surface area contributed by atoms with Crippen LogP contribution in [0.25, 0.3) is 109 Å². The van der Waals surface area contributed by atoms with E-state index in [0.717, 1.165) is 32.7 Å². The SMILES string of the molecule is [2H]c1c([2H])c([2H])c2c(-c3c4c([2H])c([2H])c([2H])c([2H])c4c(-c4cccc5c(-c6cccc7oc8cc9ccccc9cc8c67)cccc45)c4c([2H])c([2H])c([2H])c([2H])c34)c([2H])c([2H])c([2H])c2c1[2H]. The van der Waals surface area contributed by atoms with Crippen LogP contribution < -0.4 is 0 Å². The van der Waals surface area contributed by atoms with Gasteiger partial charge in [0.2, 0.25) is 0 Å². The predicted octanol–water partition coefficient (Wildman–Crippen LogP) is 14.4. The smallest absolute Gasteiger partial charge is 0.136 e. The summed E-state index contributed by atoms with van der Waals surface area (Å²) in [6, 6.07) is 18.6. The van der Waals surface area contributed by atoms with Crippen LogP contribution in [0.5, 0.6) is 0 Å². The van der Waals surface area contributed by atoms with E-state index in [9.17, 15) is 6.85 Å². The summed E-state index contributed by atoms with van der Waals surface area (Å²) in [5, 5.41) is 3.25. The lowest BCUT2D eigenvalue weighted by Crippen LogP contribution is -1.92. The Kier molecular flexibility index (Phi) is 3.70. The molecule has 0 N–H and O–H groups in total. The first-order chi connectivity index (χ1) is 31.5. The lowest BCUT2D eigenvalue weighted by atomic mass is 9.83. The zero-order chi connectivity index (χ0) is 46.5. The molecule has 51 heavy (non-hydrogen) atoms. The predicted molar refractivity (Wildman–Crippen MR) is 218 cm³/mol. The molecule has 236 valence electrons. The minimum absolute atomic E-state index is 0.0323. The Morgan fingerprint density at radius 3 is 1.61 bits per heavy atom. The molecule has 11 rings (SSSR count). The Morgan fingerprint density at radius 1 is 0.333 bits per heavy atom. The van der Waals surface area contributed by atoms with E-state index in [1.54, 1.807) is 12.1 Å². The minimum Gasteiger partial charge on any atom is -0.456 e. The van der Waals surface area contributed by atoms with Crippen molar-refractivity contribution in [3.8, 4) is 33.4 Å². The topological polar surface area (TPSA) is 13.1 Å². The normalized spacial score (nSPS) is 16.0. The molecule has 0 unspecified atom stereocenters. The summed E-state index contributed by atoms with van der Waals surface area (Å²) in [7, 11) is 0. The monoisotopic (exact) mass is 661 g/mol. The maximum atomic E-state index is 9.56. The van der Waals surface area contributed by atoms with Gasteiger partial charge in [-0.05, 0) is 105 Å². The van der Waals surface area contributed by atoms with Gasteiger partial charge in [0, 0.05) is 10.8 Å². The zero-order valence-electron chi connectivity index (χ0n) is 41.6. The average molecular weight is 662 g/mol. The molecule has 0 aliphatic rings. The fourth-order valence-corrected chi connectivity index (χ4v) is 7.64. The van der Waals surface area contributed by atoms with E-state index in [1.807, 2.05) is 72.8 Å². The van der Waals surface area contributed by atoms with Crippen LogP contribution in [0, 0.1) is 0 Å². The average Bonchev–Trinajstić information content (AvgIpc) is 3.69. The first-order valence-electron chi connectivity index (χ1n) is 23.9. The summed E-state index contributed by atoms with van der Waals surface area (Å²) in [5.41, 5.74) is 2.56. The summed E-state index contributed by atoms with van der Waals surface area (Å²) in [6.45, 7) is 0. The summed E-state index contributed by atoms with van der Waals surface area (Å²) in [5.74, 6) is 0. The van der Waals surface area contributed by atoms with Crippen LogP contribution >= 0.6 is 0 Å². The molecule has 0 radical (unpaired) electrons. The number of benzene rings is 10. The lowest BCUT2D eigenvalue weighted by molar-refractivity contribution is 0.669. The van der Waals surface area contributed by atoms with Gasteiger partial charge in [-0.25, -0.2) is 0 Å². The van der Waals surface area contributed by atoms with Crippen LogP contribution in [-0.2, 0) is 0 Å². The summed E-state index contributed by atoms with van der Waals surface area (Å²) >= 11 is 0. The fraction of sp³-hybridized carbons (Fsp3) is 0. The van der Waals surface area contributed by atoms with Crippen molar-refractivity contribution in [1.29, 1.82) is 0 Å². The molecule has 1 nitrogen and oxygen atoms in total. The highest BCUT2D eigenvalue weighted by Gasteiger charge is 2.20. The first-order valence-corrected chi connectivity index (χ1v) is 16.4. The Balaban J connectivity index is 1.35. The molecule has 0 aliphatic carbocycles. The van der Waals surface area contributed by atoms with E-state index in [-0.39, 0.29) is 32.7 Å². The van der Waals surface area contributed by atoms with Crippen molar-refractivity contribution in [3.63, 3.8) is 0 Å². The van der Waals surface area contributed by atoms with E-state index in [4.69, 9.17) is 18.1 Å². The van der Waals surface area contributed by atoms with Gasteiger partial charge in [0.15, 0.2) is 0 Å². The third-order valence-electron chi connectivity index (χ3n) is 9.78. The molecule has 1 heterocycles. The van der Waals surface area contributed by atoms with Crippen molar-refractivity contribution in [2.45, 2.75) is 0 Å². The number of furan rings is 1. The van der Waals surface area contributed by atoms with Crippen LogP contribution in [0.3, 0.4) is 0 Å². The molecule has 1 aromatic heterocycles. The molecule has 1 heteroatoms. The van der Waals surface area contributed by atoms with Gasteiger partial charge in [-0.1, -0.05) is 163 Å². The van der Waals surface area contributed by atoms with Gasteiger partial charge < -0.3 is 4.42 Å². The van der Waals surface area contributed by atoms with Crippen molar-refractivity contribution >= 4 is 75.8 Å². The van der Waals surface area contributed by atoms with Crippen molar-refractivity contribution in [1.82, 2.24) is 0 Å². The fourth-order valence-electron chi connectivity index (χ4n) is 7.64. The standard InChI is InChI=1S/C50H30O/c1-2-15-33-30-47-45(29-32(33)14-1)50-40(27-12-28-46(50)51-47)37-24-10-23-36-35(37)22-11-26-39(36)49-43-20-7-5-18-41(43)48(42-19-6-8-21-44(42)49)38-25-9-16-31-13-3-4-17-34(31)38/h1-30H/i3D,4D,5D,6D,7D,8D,9D,13D,16D,17D,18D,19D,20D,21D,25D. The van der Waals surface area contributed by atoms with Gasteiger partial charge in [0.05, 0.1) is 20.6 Å². The number of hydrogen-bond donors (Lipinski definition) is 0. The third kappa shape index (κ3) is 4.16.